The molecule has 182 valence electrons. The number of amides is 1. The Morgan fingerprint density at radius 3 is 2.53 bits per heavy atom. The molecule has 1 atom stereocenters. The molecule has 0 aliphatic heterocycles. The molecular weight excluding hydrogens is 495 g/mol. The summed E-state index contributed by atoms with van der Waals surface area (Å²) in [5, 5.41) is 4.74. The quantitative estimate of drug-likeness (QED) is 0.280. The van der Waals surface area contributed by atoms with Gasteiger partial charge in [-0.25, -0.2) is 9.10 Å². The second kappa shape index (κ2) is 12.0. The maximum atomic E-state index is 13.3. The van der Waals surface area contributed by atoms with Crippen LogP contribution in [0.2, 0.25) is 10.0 Å². The van der Waals surface area contributed by atoms with Crippen LogP contribution < -0.4 is 10.0 Å². The van der Waals surface area contributed by atoms with Gasteiger partial charge in [-0.2, -0.15) is 0 Å². The molecule has 0 fully saturated rings. The van der Waals surface area contributed by atoms with E-state index in [0.29, 0.717) is 40.9 Å². The zero-order chi connectivity index (χ0) is 24.8. The first-order chi connectivity index (χ1) is 16.3. The minimum atomic E-state index is -0.370. The number of aromatic nitrogens is 1. The summed E-state index contributed by atoms with van der Waals surface area (Å²) in [4.78, 5) is 25.4. The second-order valence-corrected chi connectivity index (χ2v) is 9.69. The molecule has 0 spiro atoms. The van der Waals surface area contributed by atoms with Crippen LogP contribution in [0.1, 0.15) is 45.8 Å². The van der Waals surface area contributed by atoms with Gasteiger partial charge in [0.1, 0.15) is 5.69 Å². The zero-order valence-electron chi connectivity index (χ0n) is 19.5. The van der Waals surface area contributed by atoms with Crippen LogP contribution in [0.25, 0.3) is 10.9 Å². The number of aryl methyl sites for hydroxylation is 1. The maximum absolute atomic E-state index is 13.3. The molecule has 34 heavy (non-hydrogen) atoms. The molecule has 0 radical (unpaired) electrons. The summed E-state index contributed by atoms with van der Waals surface area (Å²) < 4.78 is 12.0. The topological polar surface area (TPSA) is 75.6 Å². The minimum absolute atomic E-state index is 0.228. The highest BCUT2D eigenvalue weighted by atomic mass is 35.5. The van der Waals surface area contributed by atoms with Crippen molar-refractivity contribution in [2.24, 2.45) is 7.05 Å². The number of ether oxygens (including phenoxy) is 1. The Bertz CT molecular complexity index is 1170. The van der Waals surface area contributed by atoms with Crippen LogP contribution in [0.15, 0.2) is 42.5 Å². The highest BCUT2D eigenvalue weighted by Gasteiger charge is 2.21. The van der Waals surface area contributed by atoms with Crippen LogP contribution >= 0.6 is 35.3 Å². The van der Waals surface area contributed by atoms with Crippen molar-refractivity contribution in [3.05, 3.63) is 69.3 Å². The van der Waals surface area contributed by atoms with Gasteiger partial charge in [-0.1, -0.05) is 35.3 Å². The third-order valence-electron chi connectivity index (χ3n) is 5.46. The number of hydrogen-bond donors (Lipinski definition) is 2. The van der Waals surface area contributed by atoms with Crippen molar-refractivity contribution in [2.45, 2.75) is 19.4 Å². The Kier molecular flexibility index (Phi) is 9.27. The van der Waals surface area contributed by atoms with E-state index in [4.69, 9.17) is 27.9 Å². The minimum Gasteiger partial charge on any atom is -0.462 e. The summed E-state index contributed by atoms with van der Waals surface area (Å²) in [5.41, 5.74) is 2.66. The lowest BCUT2D eigenvalue weighted by Gasteiger charge is -2.22. The van der Waals surface area contributed by atoms with Crippen molar-refractivity contribution < 1.29 is 14.3 Å². The molecule has 0 saturated carbocycles. The zero-order valence-corrected chi connectivity index (χ0v) is 21.9. The summed E-state index contributed by atoms with van der Waals surface area (Å²) in [7, 11) is 5.65. The number of hydrogen-bond acceptors (Lipinski definition) is 6. The van der Waals surface area contributed by atoms with Gasteiger partial charge < -0.3 is 14.6 Å². The first kappa shape index (κ1) is 26.4. The molecule has 3 rings (SSSR count). The molecule has 1 heterocycles. The van der Waals surface area contributed by atoms with E-state index in [2.05, 4.69) is 10.0 Å². The molecule has 1 aromatic heterocycles. The average Bonchev–Trinajstić information content (AvgIpc) is 3.16. The fourth-order valence-electron chi connectivity index (χ4n) is 3.70. The number of rotatable bonds is 10. The number of nitrogens with zero attached hydrogens (tertiary/aromatic N) is 2. The van der Waals surface area contributed by atoms with Gasteiger partial charge in [-0.05, 0) is 63.3 Å². The van der Waals surface area contributed by atoms with E-state index >= 15 is 0 Å². The number of carbonyl (C=O) groups is 2. The summed E-state index contributed by atoms with van der Waals surface area (Å²) in [6.07, 6.45) is 0.659. The van der Waals surface area contributed by atoms with E-state index < -0.39 is 0 Å². The number of fused-ring (bicyclic) bond motifs is 1. The van der Waals surface area contributed by atoms with E-state index in [9.17, 15) is 9.59 Å². The maximum Gasteiger partial charge on any atom is 0.338 e. The summed E-state index contributed by atoms with van der Waals surface area (Å²) in [6.45, 7) is 2.80. The second-order valence-electron chi connectivity index (χ2n) is 7.69. The molecule has 3 aromatic rings. The van der Waals surface area contributed by atoms with Gasteiger partial charge in [-0.3, -0.25) is 9.52 Å². The Morgan fingerprint density at radius 2 is 1.88 bits per heavy atom. The molecule has 2 aromatic carbocycles. The highest BCUT2D eigenvalue weighted by molar-refractivity contribution is 7.95. The highest BCUT2D eigenvalue weighted by Crippen LogP contribution is 2.32. The van der Waals surface area contributed by atoms with Crippen molar-refractivity contribution in [2.75, 3.05) is 27.2 Å². The van der Waals surface area contributed by atoms with Crippen LogP contribution in [0, 0.1) is 0 Å². The summed E-state index contributed by atoms with van der Waals surface area (Å²) in [6, 6.07) is 12.2. The van der Waals surface area contributed by atoms with Crippen molar-refractivity contribution in [1.29, 1.82) is 0 Å². The van der Waals surface area contributed by atoms with Crippen molar-refractivity contribution >= 4 is 58.1 Å². The largest absolute Gasteiger partial charge is 0.462 e. The van der Waals surface area contributed by atoms with Crippen LogP contribution in [0.5, 0.6) is 0 Å². The molecule has 0 saturated heterocycles. The first-order valence-corrected chi connectivity index (χ1v) is 12.4. The molecule has 10 heteroatoms. The van der Waals surface area contributed by atoms with Gasteiger partial charge in [-0.15, -0.1) is 0 Å². The van der Waals surface area contributed by atoms with Gasteiger partial charge >= 0.3 is 5.97 Å². The van der Waals surface area contributed by atoms with Gasteiger partial charge in [0, 0.05) is 36.6 Å². The SMILES string of the molecule is CCOC(=O)c1ccc(C(CCN(C)SNC)NC(=O)c2cc3c(Cl)c(Cl)ccc3n2C)cc1. The molecule has 0 aliphatic rings. The number of nitrogens with one attached hydrogen (secondary N) is 2. The van der Waals surface area contributed by atoms with Gasteiger partial charge in [0.25, 0.3) is 5.91 Å². The Morgan fingerprint density at radius 1 is 1.18 bits per heavy atom. The van der Waals surface area contributed by atoms with Crippen molar-refractivity contribution in [3.63, 3.8) is 0 Å². The molecule has 2 N–H and O–H groups in total. The summed E-state index contributed by atoms with van der Waals surface area (Å²) in [5.74, 6) is -0.597. The molecule has 0 bridgehead atoms. The molecular formula is C24H28Cl2N4O3S. The smallest absolute Gasteiger partial charge is 0.338 e. The van der Waals surface area contributed by atoms with E-state index in [1.807, 2.05) is 43.6 Å². The van der Waals surface area contributed by atoms with E-state index in [1.54, 1.807) is 35.8 Å². The van der Waals surface area contributed by atoms with Crippen LogP contribution in [-0.4, -0.2) is 48.0 Å². The third kappa shape index (κ3) is 6.06. The van der Waals surface area contributed by atoms with E-state index in [1.165, 1.54) is 12.1 Å². The fourth-order valence-corrected chi connectivity index (χ4v) is 4.59. The van der Waals surface area contributed by atoms with E-state index in [-0.39, 0.29) is 17.9 Å². The lowest BCUT2D eigenvalue weighted by molar-refractivity contribution is 0.0526. The molecule has 1 unspecified atom stereocenters. The third-order valence-corrected chi connectivity index (χ3v) is 6.95. The van der Waals surface area contributed by atoms with Crippen molar-refractivity contribution in [1.82, 2.24) is 18.9 Å². The van der Waals surface area contributed by atoms with Gasteiger partial charge in [0.05, 0.1) is 28.3 Å². The van der Waals surface area contributed by atoms with Crippen LogP contribution in [0.4, 0.5) is 0 Å². The Hall–Kier alpha value is -2.23. The predicted molar refractivity (Wildman–Crippen MR) is 139 cm³/mol. The number of halogens is 2. The lowest BCUT2D eigenvalue weighted by Crippen LogP contribution is -2.32. The predicted octanol–water partition coefficient (Wildman–Crippen LogP) is 5.24. The summed E-state index contributed by atoms with van der Waals surface area (Å²) >= 11 is 14.0. The van der Waals surface area contributed by atoms with Gasteiger partial charge in [0.15, 0.2) is 0 Å². The number of carbonyl (C=O) groups excluding carboxylic acids is 2. The first-order valence-electron chi connectivity index (χ1n) is 10.8. The normalized spacial score (nSPS) is 12.2. The van der Waals surface area contributed by atoms with Gasteiger partial charge in [0.2, 0.25) is 0 Å². The average molecular weight is 523 g/mol. The lowest BCUT2D eigenvalue weighted by atomic mass is 10.0. The molecule has 0 aliphatic carbocycles. The number of benzene rings is 2. The van der Waals surface area contributed by atoms with Crippen LogP contribution in [-0.2, 0) is 11.8 Å². The van der Waals surface area contributed by atoms with Crippen molar-refractivity contribution in [3.8, 4) is 0 Å². The monoisotopic (exact) mass is 522 g/mol. The Balaban J connectivity index is 1.87. The fraction of sp³-hybridized carbons (Fsp3) is 0.333. The van der Waals surface area contributed by atoms with E-state index in [0.717, 1.165) is 16.5 Å². The Labute approximate surface area is 214 Å². The standard InChI is InChI=1S/C24H28Cl2N4O3S/c1-5-33-24(32)16-8-6-15(7-9-16)19(12-13-29(3)34-27-2)28-23(31)21-14-17-20(30(21)4)11-10-18(25)22(17)26/h6-11,14,19,27H,5,12-13H2,1-4H3,(H,28,31). The number of esters is 1. The molecule has 7 nitrogen and oxygen atoms in total. The molecule has 1 amide bonds. The van der Waals surface area contributed by atoms with Crippen LogP contribution in [0.3, 0.4) is 0 Å².